The SMILES string of the molecule is CNc1cccnc1S(=O)(=O)N(C)C(C)CCSC. The molecule has 1 heterocycles. The van der Waals surface area contributed by atoms with Gasteiger partial charge in [0.2, 0.25) is 0 Å². The third kappa shape index (κ3) is 3.84. The van der Waals surface area contributed by atoms with E-state index in [0.29, 0.717) is 5.69 Å². The van der Waals surface area contributed by atoms with Crippen LogP contribution >= 0.6 is 11.8 Å². The van der Waals surface area contributed by atoms with Crippen LogP contribution in [0.5, 0.6) is 0 Å². The molecule has 1 aromatic rings. The third-order valence-electron chi connectivity index (χ3n) is 3.02. The van der Waals surface area contributed by atoms with Crippen LogP contribution in [0.3, 0.4) is 0 Å². The van der Waals surface area contributed by atoms with Crippen molar-refractivity contribution in [2.24, 2.45) is 0 Å². The minimum Gasteiger partial charge on any atom is -0.386 e. The Morgan fingerprint density at radius 2 is 2.21 bits per heavy atom. The molecule has 1 N–H and O–H groups in total. The molecule has 108 valence electrons. The lowest BCUT2D eigenvalue weighted by atomic mass is 10.3. The molecule has 1 unspecified atom stereocenters. The maximum absolute atomic E-state index is 12.5. The highest BCUT2D eigenvalue weighted by Gasteiger charge is 2.28. The largest absolute Gasteiger partial charge is 0.386 e. The highest BCUT2D eigenvalue weighted by Crippen LogP contribution is 2.23. The van der Waals surface area contributed by atoms with Gasteiger partial charge in [-0.25, -0.2) is 13.4 Å². The number of pyridine rings is 1. The van der Waals surface area contributed by atoms with Gasteiger partial charge in [0, 0.05) is 26.3 Å². The third-order valence-corrected chi connectivity index (χ3v) is 5.60. The van der Waals surface area contributed by atoms with E-state index in [1.54, 1.807) is 38.0 Å². The van der Waals surface area contributed by atoms with E-state index in [2.05, 4.69) is 10.3 Å². The molecule has 1 rings (SSSR count). The fraction of sp³-hybridized carbons (Fsp3) is 0.583. The van der Waals surface area contributed by atoms with Gasteiger partial charge in [-0.05, 0) is 37.5 Å². The Hall–Kier alpha value is -0.790. The fourth-order valence-corrected chi connectivity index (χ4v) is 3.70. The zero-order valence-electron chi connectivity index (χ0n) is 11.8. The van der Waals surface area contributed by atoms with Crippen molar-refractivity contribution in [3.05, 3.63) is 18.3 Å². The van der Waals surface area contributed by atoms with E-state index in [-0.39, 0.29) is 11.1 Å². The van der Waals surface area contributed by atoms with Gasteiger partial charge in [-0.3, -0.25) is 0 Å². The molecule has 5 nitrogen and oxygen atoms in total. The molecule has 0 saturated heterocycles. The summed E-state index contributed by atoms with van der Waals surface area (Å²) in [7, 11) is -0.268. The maximum Gasteiger partial charge on any atom is 0.262 e. The lowest BCUT2D eigenvalue weighted by Gasteiger charge is -2.24. The van der Waals surface area contributed by atoms with Gasteiger partial charge in [-0.15, -0.1) is 0 Å². The van der Waals surface area contributed by atoms with Crippen molar-refractivity contribution in [3.63, 3.8) is 0 Å². The predicted molar refractivity (Wildman–Crippen MR) is 81.2 cm³/mol. The number of anilines is 1. The number of rotatable bonds is 7. The van der Waals surface area contributed by atoms with Gasteiger partial charge in [-0.1, -0.05) is 0 Å². The number of sulfonamides is 1. The molecule has 0 aliphatic carbocycles. The predicted octanol–water partition coefficient (Wildman–Crippen LogP) is 1.89. The van der Waals surface area contributed by atoms with Crippen LogP contribution in [0.1, 0.15) is 13.3 Å². The Labute approximate surface area is 119 Å². The van der Waals surface area contributed by atoms with Crippen molar-refractivity contribution >= 4 is 27.5 Å². The summed E-state index contributed by atoms with van der Waals surface area (Å²) in [6, 6.07) is 3.37. The van der Waals surface area contributed by atoms with E-state index < -0.39 is 10.0 Å². The average Bonchev–Trinajstić information content (AvgIpc) is 2.43. The number of thioether (sulfide) groups is 1. The van der Waals surface area contributed by atoms with Gasteiger partial charge >= 0.3 is 0 Å². The van der Waals surface area contributed by atoms with Gasteiger partial charge in [0.05, 0.1) is 5.69 Å². The van der Waals surface area contributed by atoms with Crippen molar-refractivity contribution in [3.8, 4) is 0 Å². The van der Waals surface area contributed by atoms with E-state index in [0.717, 1.165) is 12.2 Å². The summed E-state index contributed by atoms with van der Waals surface area (Å²) in [6.45, 7) is 1.91. The lowest BCUT2D eigenvalue weighted by molar-refractivity contribution is 0.381. The number of hydrogen-bond donors (Lipinski definition) is 1. The molecule has 0 fully saturated rings. The van der Waals surface area contributed by atoms with E-state index in [1.165, 1.54) is 10.5 Å². The zero-order valence-corrected chi connectivity index (χ0v) is 13.4. The monoisotopic (exact) mass is 303 g/mol. The standard InChI is InChI=1S/C12H21N3O2S2/c1-10(7-9-18-4)15(3)19(16,17)12-11(13-2)6-5-8-14-12/h5-6,8,10,13H,7,9H2,1-4H3. The summed E-state index contributed by atoms with van der Waals surface area (Å²) in [5.41, 5.74) is 0.520. The number of aromatic nitrogens is 1. The van der Waals surface area contributed by atoms with Crippen molar-refractivity contribution in [1.82, 2.24) is 9.29 Å². The van der Waals surface area contributed by atoms with Crippen LogP contribution in [0.15, 0.2) is 23.4 Å². The van der Waals surface area contributed by atoms with Gasteiger partial charge in [0.1, 0.15) is 0 Å². The van der Waals surface area contributed by atoms with Crippen LogP contribution in [0.2, 0.25) is 0 Å². The summed E-state index contributed by atoms with van der Waals surface area (Å²) in [5, 5.41) is 2.95. The van der Waals surface area contributed by atoms with Crippen LogP contribution < -0.4 is 5.32 Å². The van der Waals surface area contributed by atoms with Gasteiger partial charge in [0.25, 0.3) is 10.0 Å². The second-order valence-electron chi connectivity index (χ2n) is 4.26. The van der Waals surface area contributed by atoms with Gasteiger partial charge in [0.15, 0.2) is 5.03 Å². The highest BCUT2D eigenvalue weighted by atomic mass is 32.2. The second kappa shape index (κ2) is 7.12. The fourth-order valence-electron chi connectivity index (χ4n) is 1.63. The zero-order chi connectivity index (χ0) is 14.5. The summed E-state index contributed by atoms with van der Waals surface area (Å²) in [6.07, 6.45) is 4.33. The molecule has 7 heteroatoms. The van der Waals surface area contributed by atoms with Crippen molar-refractivity contribution in [2.45, 2.75) is 24.4 Å². The Morgan fingerprint density at radius 3 is 2.79 bits per heavy atom. The molecule has 0 radical (unpaired) electrons. The molecule has 0 bridgehead atoms. The average molecular weight is 303 g/mol. The summed E-state index contributed by atoms with van der Waals surface area (Å²) >= 11 is 1.71. The van der Waals surface area contributed by atoms with Crippen molar-refractivity contribution < 1.29 is 8.42 Å². The molecule has 0 spiro atoms. The van der Waals surface area contributed by atoms with Crippen molar-refractivity contribution in [2.75, 3.05) is 31.4 Å². The second-order valence-corrected chi connectivity index (χ2v) is 7.16. The molecule has 0 amide bonds. The quantitative estimate of drug-likeness (QED) is 0.833. The summed E-state index contributed by atoms with van der Waals surface area (Å²) in [5.74, 6) is 0.933. The van der Waals surface area contributed by atoms with E-state index in [1.807, 2.05) is 13.2 Å². The van der Waals surface area contributed by atoms with Gasteiger partial charge < -0.3 is 5.32 Å². The van der Waals surface area contributed by atoms with E-state index in [9.17, 15) is 8.42 Å². The Kier molecular flexibility index (Phi) is 6.09. The number of hydrogen-bond acceptors (Lipinski definition) is 5. The smallest absolute Gasteiger partial charge is 0.262 e. The highest BCUT2D eigenvalue weighted by molar-refractivity contribution is 7.98. The van der Waals surface area contributed by atoms with Crippen LogP contribution in [0, 0.1) is 0 Å². The molecule has 1 aromatic heterocycles. The minimum atomic E-state index is -3.56. The normalized spacial score (nSPS) is 13.5. The minimum absolute atomic E-state index is 0.0517. The van der Waals surface area contributed by atoms with E-state index in [4.69, 9.17) is 0 Å². The van der Waals surface area contributed by atoms with E-state index >= 15 is 0 Å². The lowest BCUT2D eigenvalue weighted by Crippen LogP contribution is -2.36. The first-order chi connectivity index (χ1) is 8.95. The van der Waals surface area contributed by atoms with Crippen LogP contribution in [0.4, 0.5) is 5.69 Å². The Balaban J connectivity index is 3.03. The van der Waals surface area contributed by atoms with Crippen LogP contribution in [0.25, 0.3) is 0 Å². The number of nitrogens with one attached hydrogen (secondary N) is 1. The molecule has 0 aromatic carbocycles. The molecule has 1 atom stereocenters. The first-order valence-electron chi connectivity index (χ1n) is 6.05. The maximum atomic E-state index is 12.5. The first-order valence-corrected chi connectivity index (χ1v) is 8.88. The number of nitrogens with zero attached hydrogens (tertiary/aromatic N) is 2. The molecule has 0 aliphatic rings. The van der Waals surface area contributed by atoms with Crippen LogP contribution in [-0.4, -0.2) is 49.9 Å². The molecule has 0 saturated carbocycles. The van der Waals surface area contributed by atoms with Crippen molar-refractivity contribution in [1.29, 1.82) is 0 Å². The molecule has 0 aliphatic heterocycles. The Bertz CT molecular complexity index is 505. The summed E-state index contributed by atoms with van der Waals surface area (Å²) < 4.78 is 26.5. The molecular formula is C12H21N3O2S2. The molecule has 19 heavy (non-hydrogen) atoms. The topological polar surface area (TPSA) is 62.3 Å². The first kappa shape index (κ1) is 16.3. The molecular weight excluding hydrogens is 282 g/mol. The van der Waals surface area contributed by atoms with Gasteiger partial charge in [-0.2, -0.15) is 16.1 Å². The summed E-state index contributed by atoms with van der Waals surface area (Å²) in [4.78, 5) is 4.01. The van der Waals surface area contributed by atoms with Crippen LogP contribution in [-0.2, 0) is 10.0 Å². The Morgan fingerprint density at radius 1 is 1.53 bits per heavy atom.